The molecule has 6 rings (SSSR count). The number of amides is 1. The highest BCUT2D eigenvalue weighted by Gasteiger charge is 2.12. The van der Waals surface area contributed by atoms with Gasteiger partial charge >= 0.3 is 0 Å². The summed E-state index contributed by atoms with van der Waals surface area (Å²) in [7, 11) is 0. The van der Waals surface area contributed by atoms with Crippen molar-refractivity contribution < 1.29 is 4.79 Å². The maximum Gasteiger partial charge on any atom is 0.275 e. The molecule has 34 heavy (non-hydrogen) atoms. The first-order chi connectivity index (χ1) is 16.7. The van der Waals surface area contributed by atoms with Crippen LogP contribution in [-0.2, 0) is 0 Å². The maximum absolute atomic E-state index is 12.7. The van der Waals surface area contributed by atoms with E-state index in [0.717, 1.165) is 22.3 Å². The van der Waals surface area contributed by atoms with Crippen LogP contribution in [0, 0.1) is 0 Å². The summed E-state index contributed by atoms with van der Waals surface area (Å²) in [5, 5.41) is 16.0. The molecule has 1 N–H and O–H groups in total. The van der Waals surface area contributed by atoms with Gasteiger partial charge in [-0.3, -0.25) is 14.8 Å². The lowest BCUT2D eigenvalue weighted by atomic mass is 10.1. The average molecular weight is 444 g/mol. The SMILES string of the molecule is O=C(Nc1ccc(-c2ccc3nnc(-c4cccnc4)n3n2)cc1)c1cnc2ccccc2n1. The van der Waals surface area contributed by atoms with E-state index in [-0.39, 0.29) is 11.6 Å². The van der Waals surface area contributed by atoms with Crippen molar-refractivity contribution >= 4 is 28.3 Å². The molecule has 0 bridgehead atoms. The normalized spacial score (nSPS) is 11.1. The van der Waals surface area contributed by atoms with Crippen LogP contribution in [0.15, 0.2) is 91.4 Å². The first-order valence-electron chi connectivity index (χ1n) is 10.5. The Bertz CT molecular complexity index is 1650. The lowest BCUT2D eigenvalue weighted by molar-refractivity contribution is 0.102. The Morgan fingerprint density at radius 2 is 1.65 bits per heavy atom. The van der Waals surface area contributed by atoms with Gasteiger partial charge in [-0.05, 0) is 48.5 Å². The second kappa shape index (κ2) is 8.14. The molecule has 0 atom stereocenters. The zero-order valence-corrected chi connectivity index (χ0v) is 17.7. The van der Waals surface area contributed by atoms with Gasteiger partial charge in [0.2, 0.25) is 0 Å². The molecule has 1 amide bonds. The highest BCUT2D eigenvalue weighted by Crippen LogP contribution is 2.22. The van der Waals surface area contributed by atoms with Crippen molar-refractivity contribution in [1.82, 2.24) is 34.8 Å². The molecule has 4 aromatic heterocycles. The van der Waals surface area contributed by atoms with Gasteiger partial charge in [-0.2, -0.15) is 9.61 Å². The van der Waals surface area contributed by atoms with Crippen LogP contribution >= 0.6 is 0 Å². The van der Waals surface area contributed by atoms with Gasteiger partial charge in [-0.25, -0.2) is 4.98 Å². The molecule has 0 spiro atoms. The number of hydrogen-bond acceptors (Lipinski definition) is 7. The Balaban J connectivity index is 1.25. The minimum atomic E-state index is -0.323. The second-order valence-corrected chi connectivity index (χ2v) is 7.53. The van der Waals surface area contributed by atoms with Crippen LogP contribution in [0.1, 0.15) is 10.5 Å². The van der Waals surface area contributed by atoms with Crippen molar-refractivity contribution in [2.45, 2.75) is 0 Å². The fraction of sp³-hybridized carbons (Fsp3) is 0. The van der Waals surface area contributed by atoms with E-state index in [9.17, 15) is 4.79 Å². The molecule has 0 aliphatic heterocycles. The number of nitrogens with one attached hydrogen (secondary N) is 1. The molecular weight excluding hydrogens is 428 g/mol. The molecule has 6 aromatic rings. The third kappa shape index (κ3) is 3.61. The molecule has 9 heteroatoms. The lowest BCUT2D eigenvalue weighted by Gasteiger charge is -2.07. The first-order valence-corrected chi connectivity index (χ1v) is 10.5. The monoisotopic (exact) mass is 444 g/mol. The molecule has 0 aliphatic rings. The van der Waals surface area contributed by atoms with Gasteiger partial charge in [-0.15, -0.1) is 10.2 Å². The van der Waals surface area contributed by atoms with Gasteiger partial charge in [0.05, 0.1) is 22.9 Å². The summed E-state index contributed by atoms with van der Waals surface area (Å²) in [5.41, 5.74) is 5.42. The fourth-order valence-corrected chi connectivity index (χ4v) is 3.60. The number of benzene rings is 2. The number of para-hydroxylation sites is 2. The first kappa shape index (κ1) is 19.6. The zero-order chi connectivity index (χ0) is 22.9. The number of anilines is 1. The van der Waals surface area contributed by atoms with E-state index in [1.165, 1.54) is 6.20 Å². The van der Waals surface area contributed by atoms with E-state index < -0.39 is 0 Å². The third-order valence-corrected chi connectivity index (χ3v) is 5.30. The Hall–Kier alpha value is -5.05. The molecule has 0 saturated heterocycles. The molecule has 9 nitrogen and oxygen atoms in total. The van der Waals surface area contributed by atoms with Crippen LogP contribution in [0.3, 0.4) is 0 Å². The van der Waals surface area contributed by atoms with E-state index in [1.54, 1.807) is 16.9 Å². The average Bonchev–Trinajstić information content (AvgIpc) is 3.33. The van der Waals surface area contributed by atoms with Crippen molar-refractivity contribution in [2.75, 3.05) is 5.32 Å². The van der Waals surface area contributed by atoms with Crippen LogP contribution in [0.5, 0.6) is 0 Å². The molecule has 0 aliphatic carbocycles. The largest absolute Gasteiger partial charge is 0.321 e. The van der Waals surface area contributed by atoms with Crippen molar-refractivity contribution in [3.05, 3.63) is 97.1 Å². The van der Waals surface area contributed by atoms with Gasteiger partial charge in [0.25, 0.3) is 5.91 Å². The van der Waals surface area contributed by atoms with Gasteiger partial charge in [0.15, 0.2) is 11.5 Å². The standard InChI is InChI=1S/C25H16N8O/c34-25(22-15-27-20-5-1-2-6-21(20)29-22)28-18-9-7-16(8-10-18)19-11-12-23-30-31-24(33(23)32-19)17-4-3-13-26-14-17/h1-15H,(H,28,34). The van der Waals surface area contributed by atoms with Crippen LogP contribution in [0.25, 0.3) is 39.3 Å². The third-order valence-electron chi connectivity index (χ3n) is 5.30. The predicted octanol–water partition coefficient (Wildman–Crippen LogP) is 4.05. The molecule has 0 saturated carbocycles. The van der Waals surface area contributed by atoms with Crippen molar-refractivity contribution in [3.8, 4) is 22.6 Å². The quantitative estimate of drug-likeness (QED) is 0.437. The number of carbonyl (C=O) groups is 1. The second-order valence-electron chi connectivity index (χ2n) is 7.53. The van der Waals surface area contributed by atoms with E-state index in [2.05, 4.69) is 30.5 Å². The Kier molecular flexibility index (Phi) is 4.70. The zero-order valence-electron chi connectivity index (χ0n) is 17.7. The van der Waals surface area contributed by atoms with Crippen LogP contribution in [-0.4, -0.2) is 40.7 Å². The Morgan fingerprint density at radius 1 is 0.794 bits per heavy atom. The van der Waals surface area contributed by atoms with Gasteiger partial charge < -0.3 is 5.32 Å². The van der Waals surface area contributed by atoms with E-state index in [4.69, 9.17) is 5.10 Å². The highest BCUT2D eigenvalue weighted by atomic mass is 16.1. The van der Waals surface area contributed by atoms with Gasteiger partial charge in [-0.1, -0.05) is 24.3 Å². The molecule has 2 aromatic carbocycles. The van der Waals surface area contributed by atoms with Crippen molar-refractivity contribution in [1.29, 1.82) is 0 Å². The summed E-state index contributed by atoms with van der Waals surface area (Å²) in [4.78, 5) is 25.5. The predicted molar refractivity (Wildman–Crippen MR) is 127 cm³/mol. The van der Waals surface area contributed by atoms with Crippen molar-refractivity contribution in [2.24, 2.45) is 0 Å². The molecular formula is C25H16N8O. The molecule has 0 radical (unpaired) electrons. The number of hydrogen-bond donors (Lipinski definition) is 1. The van der Waals surface area contributed by atoms with E-state index in [1.807, 2.05) is 72.8 Å². The van der Waals surface area contributed by atoms with Crippen LogP contribution in [0.4, 0.5) is 5.69 Å². The summed E-state index contributed by atoms with van der Waals surface area (Å²) >= 11 is 0. The van der Waals surface area contributed by atoms with E-state index in [0.29, 0.717) is 22.7 Å². The number of fused-ring (bicyclic) bond motifs is 2. The number of rotatable bonds is 4. The lowest BCUT2D eigenvalue weighted by Crippen LogP contribution is -2.14. The van der Waals surface area contributed by atoms with Crippen molar-refractivity contribution in [3.63, 3.8) is 0 Å². The molecule has 162 valence electrons. The van der Waals surface area contributed by atoms with E-state index >= 15 is 0 Å². The highest BCUT2D eigenvalue weighted by molar-refractivity contribution is 6.03. The Morgan fingerprint density at radius 3 is 2.47 bits per heavy atom. The Labute approximate surface area is 193 Å². The van der Waals surface area contributed by atoms with Crippen LogP contribution < -0.4 is 5.32 Å². The summed E-state index contributed by atoms with van der Waals surface area (Å²) in [6, 6.07) is 22.4. The summed E-state index contributed by atoms with van der Waals surface area (Å²) in [5.74, 6) is 0.293. The number of aromatic nitrogens is 7. The van der Waals surface area contributed by atoms with Gasteiger partial charge in [0, 0.05) is 29.2 Å². The maximum atomic E-state index is 12.7. The topological polar surface area (TPSA) is 111 Å². The summed E-state index contributed by atoms with van der Waals surface area (Å²) in [6.07, 6.45) is 4.91. The molecule has 4 heterocycles. The number of nitrogens with zero attached hydrogens (tertiary/aromatic N) is 7. The fourth-order valence-electron chi connectivity index (χ4n) is 3.60. The smallest absolute Gasteiger partial charge is 0.275 e. The summed E-state index contributed by atoms with van der Waals surface area (Å²) in [6.45, 7) is 0. The number of carbonyl (C=O) groups excluding carboxylic acids is 1. The minimum absolute atomic E-state index is 0.255. The minimum Gasteiger partial charge on any atom is -0.321 e. The number of pyridine rings is 1. The molecule has 0 fully saturated rings. The van der Waals surface area contributed by atoms with Crippen LogP contribution in [0.2, 0.25) is 0 Å². The van der Waals surface area contributed by atoms with Gasteiger partial charge in [0.1, 0.15) is 5.69 Å². The summed E-state index contributed by atoms with van der Waals surface area (Å²) < 4.78 is 1.69. The molecule has 0 unspecified atom stereocenters.